The molecule has 0 fully saturated rings. The molecule has 5 aromatic carbocycles. The van der Waals surface area contributed by atoms with Gasteiger partial charge < -0.3 is 9.97 Å². The summed E-state index contributed by atoms with van der Waals surface area (Å²) in [5.41, 5.74) is 7.86. The second-order valence-corrected chi connectivity index (χ2v) is 13.8. The Bertz CT molecular complexity index is 3090. The van der Waals surface area contributed by atoms with Gasteiger partial charge in [0.15, 0.2) is 0 Å². The molecule has 8 bridgehead atoms. The van der Waals surface area contributed by atoms with Crippen molar-refractivity contribution in [2.75, 3.05) is 0 Å². The van der Waals surface area contributed by atoms with Crippen LogP contribution in [0.3, 0.4) is 0 Å². The molecule has 1 radical (unpaired) electrons. The van der Waals surface area contributed by atoms with E-state index in [1.54, 1.807) is 0 Å². The van der Waals surface area contributed by atoms with Crippen LogP contribution in [0.4, 0.5) is 87.8 Å². The first-order valence-electron chi connectivity index (χ1n) is 19.5. The third-order valence-electron chi connectivity index (χ3n) is 8.61. The zero-order chi connectivity index (χ0) is 54.6. The van der Waals surface area contributed by atoms with Crippen molar-refractivity contribution in [3.8, 4) is 0 Å². The van der Waals surface area contributed by atoms with Crippen molar-refractivity contribution >= 4 is 58.8 Å². The van der Waals surface area contributed by atoms with E-state index in [1.165, 1.54) is 0 Å². The molecule has 0 aliphatic carbocycles. The second kappa shape index (κ2) is 28.1. The van der Waals surface area contributed by atoms with Gasteiger partial charge in [0.25, 0.3) is 0 Å². The van der Waals surface area contributed by atoms with Crippen LogP contribution in [-0.2, 0) is 17.1 Å². The molecule has 395 valence electrons. The van der Waals surface area contributed by atoms with Crippen molar-refractivity contribution in [2.24, 2.45) is 0 Å². The molecule has 26 heteroatoms. The zero-order valence-corrected chi connectivity index (χ0v) is 38.5. The van der Waals surface area contributed by atoms with Crippen molar-refractivity contribution in [2.45, 2.75) is 0 Å². The first-order chi connectivity index (χ1) is 34.9. The third-order valence-corrected chi connectivity index (χ3v) is 8.61. The fourth-order valence-corrected chi connectivity index (χ4v) is 5.27. The molecule has 0 unspecified atom stereocenters. The number of H-pyrrole nitrogens is 2. The van der Waals surface area contributed by atoms with E-state index in [2.05, 4.69) is 56.3 Å². The van der Waals surface area contributed by atoms with Gasteiger partial charge in [0.1, 0.15) is 0 Å². The average molecular weight is 1150 g/mol. The first-order valence-corrected chi connectivity index (χ1v) is 19.5. The molecule has 0 saturated heterocycles. The van der Waals surface area contributed by atoms with Crippen molar-refractivity contribution in [1.29, 1.82) is 0 Å². The Labute approximate surface area is 430 Å². The molecule has 8 aromatic rings. The maximum Gasteiger partial charge on any atom is 5.00 e. The topological polar surface area (TPSA) is 57.4 Å². The molecule has 2 aliphatic heterocycles. The Morgan fingerprint density at radius 2 is 0.513 bits per heavy atom. The number of fused-ring (bicyclic) bond motifs is 8. The van der Waals surface area contributed by atoms with Crippen LogP contribution in [0.5, 0.6) is 0 Å². The van der Waals surface area contributed by atoms with Crippen LogP contribution < -0.4 is 0 Å². The van der Waals surface area contributed by atoms with Crippen molar-refractivity contribution in [3.63, 3.8) is 0 Å². The summed E-state index contributed by atoms with van der Waals surface area (Å²) in [6, 6.07) is 33.0. The van der Waals surface area contributed by atoms with Gasteiger partial charge in [0.05, 0.1) is 139 Å². The number of halogens is 21. The van der Waals surface area contributed by atoms with Gasteiger partial charge >= 0.3 is 17.1 Å². The smallest absolute Gasteiger partial charge is 0.355 e. The van der Waals surface area contributed by atoms with E-state index >= 15 is 0 Å². The minimum Gasteiger partial charge on any atom is -0.355 e. The molecule has 5 heterocycles. The van der Waals surface area contributed by atoms with Crippen molar-refractivity contribution in [3.05, 3.63) is 248 Å². The fourth-order valence-electron chi connectivity index (χ4n) is 5.27. The van der Waals surface area contributed by atoms with Gasteiger partial charge in [0.2, 0.25) is 0 Å². The number of hydrogen-bond acceptors (Lipinski definition) is 2. The number of benzene rings is 5. The van der Waals surface area contributed by atoms with E-state index in [-0.39, 0.29) is 29.5 Å². The van der Waals surface area contributed by atoms with Crippen LogP contribution in [0, 0.1) is 147 Å². The van der Waals surface area contributed by atoms with Crippen molar-refractivity contribution in [1.82, 2.24) is 19.9 Å². The molecular weight excluding hydrogens is 1130 g/mol. The Morgan fingerprint density at radius 1 is 0.289 bits per heavy atom. The Hall–Kier alpha value is -7.89. The quantitative estimate of drug-likeness (QED) is 0.0523. The fraction of sp³-hybridized carbons (Fsp3) is 0. The van der Waals surface area contributed by atoms with E-state index in [9.17, 15) is 87.8 Å². The summed E-state index contributed by atoms with van der Waals surface area (Å²) >= 11 is 0. The minimum absolute atomic E-state index is 0. The van der Waals surface area contributed by atoms with Crippen LogP contribution in [0.25, 0.3) is 46.4 Å². The molecular formula is C50H20ClF20FeN4. The van der Waals surface area contributed by atoms with E-state index in [0.29, 0.717) is 0 Å². The van der Waals surface area contributed by atoms with Crippen LogP contribution in [-0.4, -0.2) is 19.9 Å². The largest absolute Gasteiger partial charge is 5.00 e. The SMILES string of the molecule is C1=Cc2cc3ccc(cc4ccc(cc5nc(cc1n2)C=C5)[nH]4)[nH]3.Cl.Fc1[c-]c(F)c(F)c(F)c1F.Fc1[c-]c(F)c(F)c(F)c1F.Fc1[c-]c(F)c(F)c(F)c1F.Fc1[c-]c(F)c(F)c(F)c1F.[Fe+5].[c-]1ccccc1. The summed E-state index contributed by atoms with van der Waals surface area (Å²) in [4.78, 5) is 16.0. The molecule has 76 heavy (non-hydrogen) atoms. The first kappa shape index (κ1) is 62.4. The standard InChI is InChI=1S/C20H14N4.4C6F5.C6H5.ClH.Fe/c1-2-14-10-16-5-6-18(23-16)12-20-8-7-19(24-20)11-17-4-3-15(22-17)9-13(1)21-14;4*7-2-1-3(8)5(10)6(11)4(2)9;1-2-4-6-5-3-1;;/h1-12,21-22H;;;;;1-5H;1H;/q;5*-1;;+5. The van der Waals surface area contributed by atoms with Crippen LogP contribution in [0.1, 0.15) is 22.8 Å². The van der Waals surface area contributed by atoms with Gasteiger partial charge in [-0.15, -0.1) is 36.7 Å². The number of aromatic nitrogens is 4. The number of aromatic amines is 2. The Balaban J connectivity index is 0.000000254. The maximum absolute atomic E-state index is 12.0. The van der Waals surface area contributed by atoms with E-state index < -0.39 is 116 Å². The monoisotopic (exact) mass is 1150 g/mol. The molecule has 0 saturated carbocycles. The summed E-state index contributed by atoms with van der Waals surface area (Å²) in [5, 5.41) is 0. The molecule has 4 nitrogen and oxygen atoms in total. The number of hydrogen-bond donors (Lipinski definition) is 2. The Kier molecular flexibility index (Phi) is 23.1. The summed E-state index contributed by atoms with van der Waals surface area (Å²) < 4.78 is 239. The normalized spacial score (nSPS) is 10.6. The maximum atomic E-state index is 12.0. The summed E-state index contributed by atoms with van der Waals surface area (Å²) in [7, 11) is 0. The number of nitrogens with zero attached hydrogens (tertiary/aromatic N) is 2. The van der Waals surface area contributed by atoms with Crippen LogP contribution in [0.15, 0.2) is 78.9 Å². The van der Waals surface area contributed by atoms with E-state index in [1.807, 2.05) is 72.8 Å². The van der Waals surface area contributed by atoms with Gasteiger partial charge in [-0.3, -0.25) is 35.1 Å². The molecule has 0 atom stereocenters. The van der Waals surface area contributed by atoms with Gasteiger partial charge in [-0.2, -0.15) is 36.4 Å². The average Bonchev–Trinajstić information content (AvgIpc) is 4.23. The predicted molar refractivity (Wildman–Crippen MR) is 232 cm³/mol. The molecule has 0 spiro atoms. The number of nitrogens with one attached hydrogen (secondary N) is 2. The third kappa shape index (κ3) is 16.6. The number of rotatable bonds is 0. The molecule has 2 aliphatic rings. The van der Waals surface area contributed by atoms with Gasteiger partial charge in [-0.05, 0) is 72.8 Å². The van der Waals surface area contributed by atoms with Gasteiger partial charge in [-0.25, -0.2) is 62.7 Å². The van der Waals surface area contributed by atoms with Crippen LogP contribution >= 0.6 is 12.4 Å². The van der Waals surface area contributed by atoms with Crippen molar-refractivity contribution < 1.29 is 105 Å². The predicted octanol–water partition coefficient (Wildman–Crippen LogP) is 15.3. The molecule has 10 rings (SSSR count). The Morgan fingerprint density at radius 3 is 0.724 bits per heavy atom. The second-order valence-electron chi connectivity index (χ2n) is 13.8. The van der Waals surface area contributed by atoms with Gasteiger partial charge in [-0.1, -0.05) is 0 Å². The van der Waals surface area contributed by atoms with Gasteiger partial charge in [0, 0.05) is 22.1 Å². The summed E-state index contributed by atoms with van der Waals surface area (Å²) in [6.07, 6.45) is 8.05. The minimum atomic E-state index is -2.17. The summed E-state index contributed by atoms with van der Waals surface area (Å²) in [5.74, 6) is -40.2. The summed E-state index contributed by atoms with van der Waals surface area (Å²) in [6.45, 7) is 0. The molecule has 3 aromatic heterocycles. The van der Waals surface area contributed by atoms with Crippen LogP contribution in [0.2, 0.25) is 0 Å². The van der Waals surface area contributed by atoms with E-state index in [0.717, 1.165) is 69.1 Å². The molecule has 0 amide bonds. The zero-order valence-electron chi connectivity index (χ0n) is 36.5. The molecule has 2 N–H and O–H groups in total. The van der Waals surface area contributed by atoms with E-state index in [4.69, 9.17) is 0 Å².